The van der Waals surface area contributed by atoms with Crippen LogP contribution in [0.4, 0.5) is 0 Å². The Kier molecular flexibility index (Phi) is 26.4. The van der Waals surface area contributed by atoms with E-state index in [1.54, 1.807) is 98.8 Å². The van der Waals surface area contributed by atoms with E-state index in [0.717, 1.165) is 38.9 Å². The Labute approximate surface area is 600 Å². The van der Waals surface area contributed by atoms with Gasteiger partial charge in [-0.05, 0) is 185 Å². The number of benzene rings is 7. The van der Waals surface area contributed by atoms with Crippen LogP contribution in [0.3, 0.4) is 0 Å². The molecular weight excluding hydrogens is 1430 g/mol. The molecule has 0 bridgehead atoms. The highest BCUT2D eigenvalue weighted by Gasteiger charge is 2.39. The molecule has 9 rings (SSSR count). The average Bonchev–Trinajstić information content (AvgIpc) is 0.722. The fraction of sp³-hybridized carbons (Fsp3) is 0.417. The highest BCUT2D eigenvalue weighted by molar-refractivity contribution is 7.91. The van der Waals surface area contributed by atoms with Crippen LogP contribution in [0.5, 0.6) is 0 Å². The fourth-order valence-electron chi connectivity index (χ4n) is 12.4. The summed E-state index contributed by atoms with van der Waals surface area (Å²) >= 11 is 0. The van der Waals surface area contributed by atoms with E-state index >= 15 is 16.8 Å². The average molecular weight is 1520 g/mol. The van der Waals surface area contributed by atoms with E-state index in [1.165, 1.54) is 115 Å². The predicted molar refractivity (Wildman–Crippen MR) is 393 cm³/mol. The van der Waals surface area contributed by atoms with Crippen molar-refractivity contribution in [3.8, 4) is 0 Å². The van der Waals surface area contributed by atoms with E-state index in [1.807, 2.05) is 39.5 Å². The molecule has 0 aliphatic carbocycles. The van der Waals surface area contributed by atoms with Gasteiger partial charge in [-0.15, -0.1) is 0 Å². The third-order valence-corrected chi connectivity index (χ3v) is 32.0. The Balaban J connectivity index is 1.12. The van der Waals surface area contributed by atoms with Crippen LogP contribution in [0.2, 0.25) is 0 Å². The normalized spacial score (nSPS) is 18.7. The molecule has 101 heavy (non-hydrogen) atoms. The molecule has 0 spiro atoms. The van der Waals surface area contributed by atoms with Gasteiger partial charge in [-0.1, -0.05) is 124 Å². The summed E-state index contributed by atoms with van der Waals surface area (Å²) in [6.07, 6.45) is 0.000528. The van der Waals surface area contributed by atoms with E-state index < -0.39 is 82.7 Å². The van der Waals surface area contributed by atoms with Gasteiger partial charge in [0, 0.05) is 97.7 Å². The van der Waals surface area contributed by atoms with E-state index in [-0.39, 0.29) is 171 Å². The molecular formula is C72H94N8O14S7. The molecule has 29 heteroatoms. The number of nitrogens with zero attached hydrogens (tertiary/aromatic N) is 8. The topological polar surface area (TPSA) is 265 Å². The molecule has 7 aromatic rings. The Morgan fingerprint density at radius 1 is 0.248 bits per heavy atom. The second-order valence-electron chi connectivity index (χ2n) is 26.2. The van der Waals surface area contributed by atoms with Crippen molar-refractivity contribution in [2.24, 2.45) is 0 Å². The molecule has 7 aromatic carbocycles. The molecule has 2 aliphatic heterocycles. The van der Waals surface area contributed by atoms with Crippen LogP contribution in [0.25, 0.3) is 0 Å². The number of hydrogen-bond acceptors (Lipinski definition) is 15. The standard InChI is InChI=1S/C72H94N8O14S7/c1-58-14-28-66(29-15-58)95(81,82)74-45-10-46-76(97(85,86)68-32-18-60(3)19-33-68)54-53-75(96(83,84)67-30-16-59(2)17-31-67)44-9-43-73(51-52-74)42-8-13-65-57-79(100(91,92)71-38-24-63(6)25-39-71)49-11-47-77(98(87,88)69-34-20-61(4)21-35-69)55-56-78(99(89,90)70-36-22-62(5)23-37-70)48-12-50-80(65)101(93,94)72-40-26-64(7)27-41-72/h14-41,65H,8-13,42-57H2,1-7H3. The first-order valence-electron chi connectivity index (χ1n) is 33.9. The summed E-state index contributed by atoms with van der Waals surface area (Å²) in [5.74, 6) is 0. The van der Waals surface area contributed by atoms with Crippen LogP contribution in [0.1, 0.15) is 77.5 Å². The molecule has 2 saturated heterocycles. The summed E-state index contributed by atoms with van der Waals surface area (Å²) in [5, 5.41) is 0. The number of rotatable bonds is 18. The van der Waals surface area contributed by atoms with Gasteiger partial charge in [0.15, 0.2) is 0 Å². The highest BCUT2D eigenvalue weighted by Crippen LogP contribution is 2.30. The van der Waals surface area contributed by atoms with Crippen molar-refractivity contribution in [1.29, 1.82) is 0 Å². The van der Waals surface area contributed by atoms with Gasteiger partial charge >= 0.3 is 0 Å². The number of aryl methyl sites for hydroxylation is 7. The zero-order valence-electron chi connectivity index (χ0n) is 58.5. The molecule has 0 aromatic heterocycles. The number of hydrogen-bond donors (Lipinski definition) is 0. The van der Waals surface area contributed by atoms with Gasteiger partial charge in [0.1, 0.15) is 0 Å². The Bertz CT molecular complexity index is 4770. The van der Waals surface area contributed by atoms with Gasteiger partial charge < -0.3 is 4.90 Å². The molecule has 1 atom stereocenters. The lowest BCUT2D eigenvalue weighted by atomic mass is 10.1. The van der Waals surface area contributed by atoms with Crippen molar-refractivity contribution in [2.45, 2.75) is 127 Å². The third kappa shape index (κ3) is 19.6. The predicted octanol–water partition coefficient (Wildman–Crippen LogP) is 9.02. The minimum Gasteiger partial charge on any atom is -0.302 e. The van der Waals surface area contributed by atoms with E-state index in [4.69, 9.17) is 0 Å². The lowest BCUT2D eigenvalue weighted by Gasteiger charge is -2.36. The summed E-state index contributed by atoms with van der Waals surface area (Å²) in [7, 11) is -30.7. The maximum absolute atomic E-state index is 15.7. The van der Waals surface area contributed by atoms with Crippen LogP contribution < -0.4 is 0 Å². The largest absolute Gasteiger partial charge is 0.302 e. The van der Waals surface area contributed by atoms with Gasteiger partial charge in [0.05, 0.1) is 34.3 Å². The second-order valence-corrected chi connectivity index (χ2v) is 39.8. The molecule has 1 unspecified atom stereocenters. The van der Waals surface area contributed by atoms with Gasteiger partial charge in [0.25, 0.3) is 0 Å². The minimum atomic E-state index is -4.60. The van der Waals surface area contributed by atoms with Gasteiger partial charge in [0.2, 0.25) is 70.2 Å². The molecule has 0 radical (unpaired) electrons. The summed E-state index contributed by atoms with van der Waals surface area (Å²) in [6, 6.07) is 42.7. The molecule has 22 nitrogen and oxygen atoms in total. The maximum Gasteiger partial charge on any atom is 0.243 e. The van der Waals surface area contributed by atoms with Crippen molar-refractivity contribution in [3.05, 3.63) is 209 Å². The van der Waals surface area contributed by atoms with E-state index in [2.05, 4.69) is 0 Å². The van der Waals surface area contributed by atoms with Crippen molar-refractivity contribution in [2.75, 3.05) is 105 Å². The lowest BCUT2D eigenvalue weighted by molar-refractivity contribution is 0.203. The first-order chi connectivity index (χ1) is 47.7. The van der Waals surface area contributed by atoms with Crippen molar-refractivity contribution >= 4 is 70.2 Å². The third-order valence-electron chi connectivity index (χ3n) is 18.6. The molecule has 2 heterocycles. The summed E-state index contributed by atoms with van der Waals surface area (Å²) in [4.78, 5) is 1.67. The number of sulfonamides is 7. The highest BCUT2D eigenvalue weighted by atomic mass is 32.2. The van der Waals surface area contributed by atoms with E-state index in [9.17, 15) is 42.1 Å². The van der Waals surface area contributed by atoms with Crippen LogP contribution in [-0.2, 0) is 70.2 Å². The molecule has 2 fully saturated rings. The quantitative estimate of drug-likeness (QED) is 0.0776. The minimum absolute atomic E-state index is 0.00274. The first kappa shape index (κ1) is 79.0. The Hall–Kier alpha value is -6.13. The Morgan fingerprint density at radius 2 is 0.455 bits per heavy atom. The van der Waals surface area contributed by atoms with Gasteiger partial charge in [-0.2, -0.15) is 30.1 Å². The monoisotopic (exact) mass is 1520 g/mol. The maximum atomic E-state index is 15.7. The summed E-state index contributed by atoms with van der Waals surface area (Å²) in [6.45, 7) is 9.60. The smallest absolute Gasteiger partial charge is 0.243 e. The molecule has 2 aliphatic rings. The zero-order valence-corrected chi connectivity index (χ0v) is 64.2. The molecule has 548 valence electrons. The van der Waals surface area contributed by atoms with Crippen LogP contribution in [0, 0.1) is 48.5 Å². The SMILES string of the molecule is Cc1ccc(S(=O)(=O)N2CCCN(S(=O)(=O)c3ccc(C)cc3)CCN(S(=O)(=O)c3ccc(C)cc3)CCCN(CCCC3CN(S(=O)(=O)c4ccc(C)cc4)CCCN(S(=O)(=O)c4ccc(C)cc4)CCN(S(=O)(=O)c4ccc(C)cc4)CCCN3S(=O)(=O)c3ccc(C)cc3)CC2)cc1. The summed E-state index contributed by atoms with van der Waals surface area (Å²) < 4.78 is 219. The fourth-order valence-corrected chi connectivity index (χ4v) is 23.0. The van der Waals surface area contributed by atoms with E-state index in [0.29, 0.717) is 0 Å². The molecule has 0 amide bonds. The van der Waals surface area contributed by atoms with Crippen LogP contribution >= 0.6 is 0 Å². The molecule has 0 N–H and O–H groups in total. The first-order valence-corrected chi connectivity index (χ1v) is 44.0. The molecule has 0 saturated carbocycles. The zero-order chi connectivity index (χ0) is 73.1. The van der Waals surface area contributed by atoms with Gasteiger partial charge in [-0.3, -0.25) is 0 Å². The van der Waals surface area contributed by atoms with Crippen molar-refractivity contribution < 1.29 is 58.9 Å². The van der Waals surface area contributed by atoms with Crippen LogP contribution in [0.15, 0.2) is 204 Å². The summed E-state index contributed by atoms with van der Waals surface area (Å²) in [5.41, 5.74) is 5.60. The van der Waals surface area contributed by atoms with Gasteiger partial charge in [-0.25, -0.2) is 58.9 Å². The van der Waals surface area contributed by atoms with Crippen molar-refractivity contribution in [3.63, 3.8) is 0 Å². The van der Waals surface area contributed by atoms with Crippen molar-refractivity contribution in [1.82, 2.24) is 35.0 Å². The van der Waals surface area contributed by atoms with Crippen LogP contribution in [-0.4, -0.2) is 205 Å². The second kappa shape index (κ2) is 33.8. The lowest BCUT2D eigenvalue weighted by Crippen LogP contribution is -2.50. The Morgan fingerprint density at radius 3 is 0.723 bits per heavy atom.